The van der Waals surface area contributed by atoms with Crippen molar-refractivity contribution in [3.63, 3.8) is 0 Å². The maximum absolute atomic E-state index is 11.7. The van der Waals surface area contributed by atoms with Crippen molar-refractivity contribution in [1.29, 1.82) is 0 Å². The van der Waals surface area contributed by atoms with Crippen LogP contribution in [-0.4, -0.2) is 40.9 Å². The maximum atomic E-state index is 11.7. The van der Waals surface area contributed by atoms with Crippen LogP contribution in [0.5, 0.6) is 0 Å². The molecule has 6 heteroatoms. The average Bonchev–Trinajstić information content (AvgIpc) is 2.79. The molecule has 3 N–H and O–H groups in total. The monoisotopic (exact) mass is 263 g/mol. The molecule has 2 saturated heterocycles. The quantitative estimate of drug-likeness (QED) is 0.797. The van der Waals surface area contributed by atoms with E-state index in [2.05, 4.69) is 15.3 Å². The Labute approximate surface area is 112 Å². The number of aryl methyl sites for hydroxylation is 2. The van der Waals surface area contributed by atoms with Crippen LogP contribution in [0, 0.1) is 6.92 Å². The minimum Gasteiger partial charge on any atom is -0.365 e. The molecule has 104 valence electrons. The molecular formula is C13H21N5O. The van der Waals surface area contributed by atoms with Gasteiger partial charge >= 0.3 is 0 Å². The van der Waals surface area contributed by atoms with Gasteiger partial charge in [0.15, 0.2) is 0 Å². The Kier molecular flexibility index (Phi) is 2.97. The van der Waals surface area contributed by atoms with Crippen LogP contribution in [0.3, 0.4) is 0 Å². The fourth-order valence-electron chi connectivity index (χ4n) is 3.43. The normalized spacial score (nSPS) is 26.5. The summed E-state index contributed by atoms with van der Waals surface area (Å²) in [6, 6.07) is 1.14. The van der Waals surface area contributed by atoms with Crippen molar-refractivity contribution in [1.82, 2.24) is 15.1 Å². The molecule has 19 heavy (non-hydrogen) atoms. The van der Waals surface area contributed by atoms with Crippen molar-refractivity contribution < 1.29 is 4.79 Å². The number of nitrogens with one attached hydrogen (secondary N) is 1. The van der Waals surface area contributed by atoms with Crippen molar-refractivity contribution in [2.75, 3.05) is 18.0 Å². The van der Waals surface area contributed by atoms with Gasteiger partial charge in [-0.05, 0) is 26.2 Å². The van der Waals surface area contributed by atoms with Crippen LogP contribution in [0.1, 0.15) is 35.3 Å². The highest BCUT2D eigenvalue weighted by Crippen LogP contribution is 2.28. The van der Waals surface area contributed by atoms with Crippen molar-refractivity contribution in [2.24, 2.45) is 12.8 Å². The number of anilines is 1. The predicted molar refractivity (Wildman–Crippen MR) is 73.2 cm³/mol. The summed E-state index contributed by atoms with van der Waals surface area (Å²) in [7, 11) is 1.88. The summed E-state index contributed by atoms with van der Waals surface area (Å²) in [6.45, 7) is 3.72. The van der Waals surface area contributed by atoms with Crippen LogP contribution >= 0.6 is 0 Å². The van der Waals surface area contributed by atoms with Gasteiger partial charge < -0.3 is 16.0 Å². The number of carbonyl (C=O) groups excluding carboxylic acids is 1. The molecule has 0 spiro atoms. The van der Waals surface area contributed by atoms with E-state index in [9.17, 15) is 4.79 Å². The molecule has 2 fully saturated rings. The molecule has 1 aromatic rings. The Morgan fingerprint density at radius 2 is 2.11 bits per heavy atom. The molecule has 3 heterocycles. The standard InChI is InChI=1S/C13H21N5O/c1-8-11(12(14)19)13(17(2)16-8)18-6-5-9-3-4-10(7-18)15-9/h9-10,15H,3-7H2,1-2H3,(H2,14,19). The Morgan fingerprint density at radius 3 is 2.84 bits per heavy atom. The lowest BCUT2D eigenvalue weighted by Crippen LogP contribution is -2.37. The molecular weight excluding hydrogens is 242 g/mol. The third kappa shape index (κ3) is 2.10. The second-order valence-corrected chi connectivity index (χ2v) is 5.64. The van der Waals surface area contributed by atoms with E-state index in [-0.39, 0.29) is 5.91 Å². The van der Waals surface area contributed by atoms with Gasteiger partial charge in [-0.15, -0.1) is 0 Å². The van der Waals surface area contributed by atoms with Gasteiger partial charge in [-0.3, -0.25) is 9.48 Å². The number of hydrogen-bond donors (Lipinski definition) is 2. The fourth-order valence-corrected chi connectivity index (χ4v) is 3.43. The Hall–Kier alpha value is -1.56. The number of carbonyl (C=O) groups is 1. The molecule has 0 aliphatic carbocycles. The van der Waals surface area contributed by atoms with Gasteiger partial charge in [-0.1, -0.05) is 0 Å². The minimum atomic E-state index is -0.386. The first-order chi connectivity index (χ1) is 9.06. The highest BCUT2D eigenvalue weighted by Gasteiger charge is 2.32. The summed E-state index contributed by atoms with van der Waals surface area (Å²) >= 11 is 0. The van der Waals surface area contributed by atoms with E-state index in [0.717, 1.165) is 25.3 Å². The first kappa shape index (κ1) is 12.5. The SMILES string of the molecule is Cc1nn(C)c(N2CCC3CCC(C2)N3)c1C(N)=O. The van der Waals surface area contributed by atoms with Crippen LogP contribution < -0.4 is 16.0 Å². The van der Waals surface area contributed by atoms with Crippen molar-refractivity contribution in [3.8, 4) is 0 Å². The largest absolute Gasteiger partial charge is 0.365 e. The third-order valence-corrected chi connectivity index (χ3v) is 4.26. The highest BCUT2D eigenvalue weighted by atomic mass is 16.1. The number of amides is 1. The van der Waals surface area contributed by atoms with E-state index in [4.69, 9.17) is 5.73 Å². The summed E-state index contributed by atoms with van der Waals surface area (Å²) in [5.74, 6) is 0.488. The van der Waals surface area contributed by atoms with Gasteiger partial charge in [-0.25, -0.2) is 0 Å². The van der Waals surface area contributed by atoms with E-state index < -0.39 is 0 Å². The number of rotatable bonds is 2. The molecule has 1 amide bonds. The molecule has 2 atom stereocenters. The van der Waals surface area contributed by atoms with Gasteiger partial charge in [0.25, 0.3) is 5.91 Å². The third-order valence-electron chi connectivity index (χ3n) is 4.26. The van der Waals surface area contributed by atoms with Gasteiger partial charge in [-0.2, -0.15) is 5.10 Å². The molecule has 0 radical (unpaired) electrons. The number of nitrogens with zero attached hydrogens (tertiary/aromatic N) is 3. The molecule has 2 bridgehead atoms. The first-order valence-corrected chi connectivity index (χ1v) is 6.90. The number of aromatic nitrogens is 2. The van der Waals surface area contributed by atoms with Crippen LogP contribution in [0.2, 0.25) is 0 Å². The number of primary amides is 1. The molecule has 0 aromatic carbocycles. The smallest absolute Gasteiger partial charge is 0.254 e. The van der Waals surface area contributed by atoms with Crippen LogP contribution in [0.15, 0.2) is 0 Å². The Balaban J connectivity index is 1.95. The Bertz CT molecular complexity index is 509. The molecule has 3 rings (SSSR count). The summed E-state index contributed by atoms with van der Waals surface area (Å²) in [4.78, 5) is 13.9. The van der Waals surface area contributed by atoms with E-state index in [1.165, 1.54) is 12.8 Å². The molecule has 6 nitrogen and oxygen atoms in total. The van der Waals surface area contributed by atoms with Crippen molar-refractivity contribution >= 4 is 11.7 Å². The average molecular weight is 263 g/mol. The minimum absolute atomic E-state index is 0.386. The van der Waals surface area contributed by atoms with Gasteiger partial charge in [0, 0.05) is 32.2 Å². The number of fused-ring (bicyclic) bond motifs is 2. The fraction of sp³-hybridized carbons (Fsp3) is 0.692. The molecule has 2 aliphatic heterocycles. The zero-order valence-corrected chi connectivity index (χ0v) is 11.5. The van der Waals surface area contributed by atoms with E-state index >= 15 is 0 Å². The molecule has 2 aliphatic rings. The topological polar surface area (TPSA) is 76.2 Å². The van der Waals surface area contributed by atoms with Crippen LogP contribution in [0.25, 0.3) is 0 Å². The first-order valence-electron chi connectivity index (χ1n) is 6.90. The lowest BCUT2D eigenvalue weighted by molar-refractivity contribution is 0.1000. The van der Waals surface area contributed by atoms with Gasteiger partial charge in [0.2, 0.25) is 0 Å². The summed E-state index contributed by atoms with van der Waals surface area (Å²) in [6.07, 6.45) is 3.59. The number of hydrogen-bond acceptors (Lipinski definition) is 4. The predicted octanol–water partition coefficient (Wildman–Crippen LogP) is 0.158. The van der Waals surface area contributed by atoms with E-state index in [1.807, 2.05) is 14.0 Å². The molecule has 0 saturated carbocycles. The maximum Gasteiger partial charge on any atom is 0.254 e. The van der Waals surface area contributed by atoms with Crippen molar-refractivity contribution in [2.45, 2.75) is 38.3 Å². The Morgan fingerprint density at radius 1 is 1.37 bits per heavy atom. The number of nitrogens with two attached hydrogens (primary N) is 1. The summed E-state index contributed by atoms with van der Waals surface area (Å²) in [5, 5.41) is 7.99. The molecule has 1 aromatic heterocycles. The zero-order chi connectivity index (χ0) is 13.6. The van der Waals surface area contributed by atoms with E-state index in [1.54, 1.807) is 4.68 Å². The lowest BCUT2D eigenvalue weighted by atomic mass is 10.1. The van der Waals surface area contributed by atoms with Crippen LogP contribution in [-0.2, 0) is 7.05 Å². The van der Waals surface area contributed by atoms with E-state index in [0.29, 0.717) is 23.3 Å². The zero-order valence-electron chi connectivity index (χ0n) is 11.5. The second kappa shape index (κ2) is 4.52. The highest BCUT2D eigenvalue weighted by molar-refractivity contribution is 5.99. The van der Waals surface area contributed by atoms with Gasteiger partial charge in [0.1, 0.15) is 11.4 Å². The summed E-state index contributed by atoms with van der Waals surface area (Å²) < 4.78 is 1.79. The lowest BCUT2D eigenvalue weighted by Gasteiger charge is -2.26. The second-order valence-electron chi connectivity index (χ2n) is 5.64. The molecule has 2 unspecified atom stereocenters. The van der Waals surface area contributed by atoms with Crippen LogP contribution in [0.4, 0.5) is 5.82 Å². The summed E-state index contributed by atoms with van der Waals surface area (Å²) in [5.41, 5.74) is 6.80. The van der Waals surface area contributed by atoms with Gasteiger partial charge in [0.05, 0.1) is 5.69 Å². The van der Waals surface area contributed by atoms with Crippen molar-refractivity contribution in [3.05, 3.63) is 11.3 Å².